The third-order valence-corrected chi connectivity index (χ3v) is 5.41. The van der Waals surface area contributed by atoms with E-state index in [4.69, 9.17) is 9.72 Å². The average molecular weight is 358 g/mol. The van der Waals surface area contributed by atoms with E-state index in [1.165, 1.54) is 5.56 Å². The summed E-state index contributed by atoms with van der Waals surface area (Å²) in [4.78, 5) is 7.46. The molecule has 2 aromatic heterocycles. The molecule has 1 atom stereocenters. The number of rotatable bonds is 3. The zero-order valence-electron chi connectivity index (χ0n) is 15.6. The Morgan fingerprint density at radius 2 is 1.96 bits per heavy atom. The van der Waals surface area contributed by atoms with Gasteiger partial charge in [0.25, 0.3) is 0 Å². The van der Waals surface area contributed by atoms with Crippen LogP contribution in [0.2, 0.25) is 0 Å². The van der Waals surface area contributed by atoms with Crippen LogP contribution < -0.4 is 9.64 Å². The number of anilines is 1. The van der Waals surface area contributed by atoms with Crippen LogP contribution in [-0.2, 0) is 0 Å². The van der Waals surface area contributed by atoms with E-state index in [-0.39, 0.29) is 0 Å². The van der Waals surface area contributed by atoms with E-state index >= 15 is 0 Å². The summed E-state index contributed by atoms with van der Waals surface area (Å²) in [6.07, 6.45) is 2.27. The van der Waals surface area contributed by atoms with Crippen molar-refractivity contribution in [3.8, 4) is 5.75 Å². The molecule has 0 saturated carbocycles. The highest BCUT2D eigenvalue weighted by Gasteiger charge is 2.29. The van der Waals surface area contributed by atoms with E-state index in [0.29, 0.717) is 6.04 Å². The molecule has 1 saturated heterocycles. The lowest BCUT2D eigenvalue weighted by atomic mass is 10.0. The lowest BCUT2D eigenvalue weighted by Crippen LogP contribution is -2.24. The first-order valence-electron chi connectivity index (χ1n) is 9.40. The Kier molecular flexibility index (Phi) is 3.74. The van der Waals surface area contributed by atoms with Gasteiger partial charge in [0.15, 0.2) is 5.65 Å². The predicted molar refractivity (Wildman–Crippen MR) is 108 cm³/mol. The van der Waals surface area contributed by atoms with Crippen LogP contribution in [-0.4, -0.2) is 28.3 Å². The molecule has 1 unspecified atom stereocenters. The van der Waals surface area contributed by atoms with Crippen molar-refractivity contribution in [3.63, 3.8) is 0 Å². The lowest BCUT2D eigenvalue weighted by Gasteiger charge is -2.27. The fourth-order valence-electron chi connectivity index (χ4n) is 4.19. The summed E-state index contributed by atoms with van der Waals surface area (Å²) in [5, 5.41) is 5.77. The van der Waals surface area contributed by atoms with E-state index < -0.39 is 0 Å². The van der Waals surface area contributed by atoms with Crippen molar-refractivity contribution in [1.29, 1.82) is 0 Å². The number of methoxy groups -OCH3 is 1. The van der Waals surface area contributed by atoms with E-state index in [1.807, 2.05) is 23.6 Å². The van der Waals surface area contributed by atoms with Gasteiger partial charge in [0, 0.05) is 18.0 Å². The molecule has 0 N–H and O–H groups in total. The van der Waals surface area contributed by atoms with E-state index in [0.717, 1.165) is 53.2 Å². The summed E-state index contributed by atoms with van der Waals surface area (Å²) in [7, 11) is 1.72. The molecular formula is C22H22N4O. The van der Waals surface area contributed by atoms with Gasteiger partial charge < -0.3 is 9.64 Å². The van der Waals surface area contributed by atoms with Crippen LogP contribution in [0.3, 0.4) is 0 Å². The zero-order chi connectivity index (χ0) is 18.4. The number of hydrogen-bond donors (Lipinski definition) is 0. The maximum absolute atomic E-state index is 5.44. The summed E-state index contributed by atoms with van der Waals surface area (Å²) in [6.45, 7) is 3.01. The second kappa shape index (κ2) is 6.27. The topological polar surface area (TPSA) is 42.7 Å². The maximum atomic E-state index is 5.44. The smallest absolute Gasteiger partial charge is 0.158 e. The van der Waals surface area contributed by atoms with Gasteiger partial charge in [0.05, 0.1) is 24.4 Å². The molecule has 27 heavy (non-hydrogen) atoms. The number of fused-ring (bicyclic) bond motifs is 3. The Morgan fingerprint density at radius 3 is 2.85 bits per heavy atom. The first-order chi connectivity index (χ1) is 13.2. The molecule has 5 nitrogen and oxygen atoms in total. The predicted octanol–water partition coefficient (Wildman–Crippen LogP) is 4.54. The quantitative estimate of drug-likeness (QED) is 0.539. The molecule has 0 amide bonds. The standard InChI is InChI=1S/C22H22N4O/c1-15-13-21-23-22(18-9-3-4-10-20(18)26(21)24-15)25-12-6-11-19(25)16-7-5-8-17(14-16)27-2/h3-5,7-10,13-14,19H,6,11-12H2,1-2H3. The minimum atomic E-state index is 0.308. The SMILES string of the molecule is COc1cccc(C2CCCN2c2nc3cc(C)nn3c3ccccc23)c1. The van der Waals surface area contributed by atoms with Crippen molar-refractivity contribution in [2.45, 2.75) is 25.8 Å². The number of aryl methyl sites for hydroxylation is 1. The fraction of sp³-hybridized carbons (Fsp3) is 0.273. The Morgan fingerprint density at radius 1 is 1.07 bits per heavy atom. The zero-order valence-corrected chi connectivity index (χ0v) is 15.6. The molecule has 2 aromatic carbocycles. The summed E-state index contributed by atoms with van der Waals surface area (Å²) < 4.78 is 7.39. The van der Waals surface area contributed by atoms with Crippen molar-refractivity contribution in [1.82, 2.24) is 14.6 Å². The van der Waals surface area contributed by atoms with Crippen LogP contribution in [0.4, 0.5) is 5.82 Å². The molecule has 1 fully saturated rings. The molecule has 0 bridgehead atoms. The van der Waals surface area contributed by atoms with Gasteiger partial charge in [-0.15, -0.1) is 0 Å². The number of ether oxygens (including phenoxy) is 1. The molecule has 0 spiro atoms. The van der Waals surface area contributed by atoms with Crippen molar-refractivity contribution in [3.05, 3.63) is 65.9 Å². The highest BCUT2D eigenvalue weighted by Crippen LogP contribution is 2.39. The largest absolute Gasteiger partial charge is 0.497 e. The molecule has 5 rings (SSSR count). The Balaban J connectivity index is 1.69. The molecule has 1 aliphatic heterocycles. The lowest BCUT2D eigenvalue weighted by molar-refractivity contribution is 0.414. The van der Waals surface area contributed by atoms with Gasteiger partial charge in [-0.1, -0.05) is 24.3 Å². The van der Waals surface area contributed by atoms with Gasteiger partial charge in [0.2, 0.25) is 0 Å². The summed E-state index contributed by atoms with van der Waals surface area (Å²) in [5.41, 5.74) is 4.26. The highest BCUT2D eigenvalue weighted by atomic mass is 16.5. The maximum Gasteiger partial charge on any atom is 0.158 e. The van der Waals surface area contributed by atoms with Crippen molar-refractivity contribution in [2.75, 3.05) is 18.6 Å². The number of benzene rings is 2. The average Bonchev–Trinajstić information content (AvgIpc) is 3.33. The Hall–Kier alpha value is -3.08. The molecule has 5 heteroatoms. The second-order valence-electron chi connectivity index (χ2n) is 7.14. The van der Waals surface area contributed by atoms with Crippen LogP contribution in [0.15, 0.2) is 54.6 Å². The molecule has 4 aromatic rings. The number of aromatic nitrogens is 3. The second-order valence-corrected chi connectivity index (χ2v) is 7.14. The molecule has 1 aliphatic rings. The summed E-state index contributed by atoms with van der Waals surface area (Å²) in [5.74, 6) is 1.95. The first-order valence-corrected chi connectivity index (χ1v) is 9.40. The number of hydrogen-bond acceptors (Lipinski definition) is 4. The van der Waals surface area contributed by atoms with E-state index in [9.17, 15) is 0 Å². The fourth-order valence-corrected chi connectivity index (χ4v) is 4.19. The van der Waals surface area contributed by atoms with E-state index in [1.54, 1.807) is 7.11 Å². The van der Waals surface area contributed by atoms with Crippen LogP contribution in [0, 0.1) is 6.92 Å². The Labute approximate surface area is 158 Å². The third kappa shape index (κ3) is 2.62. The van der Waals surface area contributed by atoms with Gasteiger partial charge in [0.1, 0.15) is 11.6 Å². The molecule has 0 radical (unpaired) electrons. The molecule has 3 heterocycles. The van der Waals surface area contributed by atoms with Crippen LogP contribution in [0.25, 0.3) is 16.6 Å². The molecule has 136 valence electrons. The van der Waals surface area contributed by atoms with Gasteiger partial charge in [-0.3, -0.25) is 0 Å². The van der Waals surface area contributed by atoms with Gasteiger partial charge >= 0.3 is 0 Å². The summed E-state index contributed by atoms with van der Waals surface area (Å²) in [6, 6.07) is 19.2. The van der Waals surface area contributed by atoms with Crippen molar-refractivity contribution >= 4 is 22.4 Å². The number of para-hydroxylation sites is 1. The van der Waals surface area contributed by atoms with Crippen LogP contribution in [0.5, 0.6) is 5.75 Å². The first kappa shape index (κ1) is 16.1. The normalized spacial score (nSPS) is 17.1. The summed E-state index contributed by atoms with van der Waals surface area (Å²) >= 11 is 0. The van der Waals surface area contributed by atoms with Gasteiger partial charge in [-0.25, -0.2) is 9.50 Å². The Bertz CT molecular complexity index is 1130. The minimum Gasteiger partial charge on any atom is -0.497 e. The van der Waals surface area contributed by atoms with Gasteiger partial charge in [-0.2, -0.15) is 5.10 Å². The highest BCUT2D eigenvalue weighted by molar-refractivity contribution is 5.92. The molecule has 0 aliphatic carbocycles. The molecular weight excluding hydrogens is 336 g/mol. The third-order valence-electron chi connectivity index (χ3n) is 5.41. The van der Waals surface area contributed by atoms with Crippen LogP contribution >= 0.6 is 0 Å². The number of nitrogens with zero attached hydrogens (tertiary/aromatic N) is 4. The monoisotopic (exact) mass is 358 g/mol. The van der Waals surface area contributed by atoms with Crippen LogP contribution in [0.1, 0.15) is 30.1 Å². The van der Waals surface area contributed by atoms with Gasteiger partial charge in [-0.05, 0) is 49.6 Å². The van der Waals surface area contributed by atoms with E-state index in [2.05, 4.69) is 52.5 Å². The van der Waals surface area contributed by atoms with Crippen molar-refractivity contribution in [2.24, 2.45) is 0 Å². The minimum absolute atomic E-state index is 0.308. The van der Waals surface area contributed by atoms with Crippen molar-refractivity contribution < 1.29 is 4.74 Å².